The SMILES string of the molecule is CCCCCCCC/C=C\CCCCCCCCCCCC(=O)OCCCCCCCCCCCCCC/C=C\CCCCCCCCCCCC(=O)NC(CO)C(O)CCCCCCCCCCCC. The highest BCUT2D eigenvalue weighted by Crippen LogP contribution is 2.18. The van der Waals surface area contributed by atoms with E-state index < -0.39 is 12.1 Å². The van der Waals surface area contributed by atoms with Gasteiger partial charge >= 0.3 is 5.97 Å². The molecule has 6 nitrogen and oxygen atoms in total. The van der Waals surface area contributed by atoms with Crippen LogP contribution in [-0.4, -0.2) is 47.4 Å². The topological polar surface area (TPSA) is 95.9 Å². The highest BCUT2D eigenvalue weighted by atomic mass is 16.5. The van der Waals surface area contributed by atoms with E-state index in [-0.39, 0.29) is 18.5 Å². The van der Waals surface area contributed by atoms with E-state index in [1.165, 1.54) is 276 Å². The molecular formula is C65H125NO5. The molecule has 0 radical (unpaired) electrons. The minimum Gasteiger partial charge on any atom is -0.466 e. The zero-order valence-corrected chi connectivity index (χ0v) is 48.0. The molecular weight excluding hydrogens is 875 g/mol. The zero-order chi connectivity index (χ0) is 51.4. The number of esters is 1. The van der Waals surface area contributed by atoms with Crippen LogP contribution in [0, 0.1) is 0 Å². The normalized spacial score (nSPS) is 12.7. The van der Waals surface area contributed by atoms with Crippen molar-refractivity contribution >= 4 is 11.9 Å². The third kappa shape index (κ3) is 57.5. The number of allylic oxidation sites excluding steroid dienone is 4. The zero-order valence-electron chi connectivity index (χ0n) is 48.0. The Hall–Kier alpha value is -1.66. The molecule has 0 aliphatic carbocycles. The Morgan fingerprint density at radius 3 is 1.00 bits per heavy atom. The van der Waals surface area contributed by atoms with Crippen molar-refractivity contribution < 1.29 is 24.5 Å². The lowest BCUT2D eigenvalue weighted by Gasteiger charge is -2.22. The maximum absolute atomic E-state index is 12.4. The van der Waals surface area contributed by atoms with Gasteiger partial charge in [-0.3, -0.25) is 9.59 Å². The third-order valence-electron chi connectivity index (χ3n) is 15.0. The van der Waals surface area contributed by atoms with Gasteiger partial charge in [0, 0.05) is 12.8 Å². The van der Waals surface area contributed by atoms with Gasteiger partial charge in [-0.05, 0) is 77.0 Å². The van der Waals surface area contributed by atoms with Crippen LogP contribution in [0.15, 0.2) is 24.3 Å². The van der Waals surface area contributed by atoms with E-state index in [2.05, 4.69) is 43.5 Å². The van der Waals surface area contributed by atoms with Gasteiger partial charge in [-0.15, -0.1) is 0 Å². The lowest BCUT2D eigenvalue weighted by Crippen LogP contribution is -2.45. The molecule has 0 fully saturated rings. The first kappa shape index (κ1) is 69.3. The average molecular weight is 1000 g/mol. The van der Waals surface area contributed by atoms with Crippen LogP contribution in [0.5, 0.6) is 0 Å². The molecule has 0 saturated heterocycles. The largest absolute Gasteiger partial charge is 0.466 e. The Kier molecular flexibility index (Phi) is 59.5. The average Bonchev–Trinajstić information content (AvgIpc) is 3.37. The van der Waals surface area contributed by atoms with Crippen molar-refractivity contribution in [3.63, 3.8) is 0 Å². The van der Waals surface area contributed by atoms with Crippen LogP contribution < -0.4 is 5.32 Å². The molecule has 2 atom stereocenters. The maximum atomic E-state index is 12.4. The summed E-state index contributed by atoms with van der Waals surface area (Å²) in [4.78, 5) is 24.5. The highest BCUT2D eigenvalue weighted by Gasteiger charge is 2.20. The lowest BCUT2D eigenvalue weighted by atomic mass is 10.0. The van der Waals surface area contributed by atoms with Gasteiger partial charge in [0.1, 0.15) is 0 Å². The van der Waals surface area contributed by atoms with E-state index >= 15 is 0 Å². The fourth-order valence-electron chi connectivity index (χ4n) is 10.0. The van der Waals surface area contributed by atoms with Crippen molar-refractivity contribution in [3.8, 4) is 0 Å². The van der Waals surface area contributed by atoms with E-state index in [0.29, 0.717) is 25.9 Å². The van der Waals surface area contributed by atoms with Gasteiger partial charge in [0.2, 0.25) is 5.91 Å². The molecule has 0 heterocycles. The summed E-state index contributed by atoms with van der Waals surface area (Å²) >= 11 is 0. The Morgan fingerprint density at radius 2 is 0.662 bits per heavy atom. The molecule has 71 heavy (non-hydrogen) atoms. The third-order valence-corrected chi connectivity index (χ3v) is 15.0. The molecule has 0 aliphatic heterocycles. The molecule has 1 amide bonds. The molecule has 0 bridgehead atoms. The first-order valence-electron chi connectivity index (χ1n) is 32.1. The number of nitrogens with one attached hydrogen (secondary N) is 1. The summed E-state index contributed by atoms with van der Waals surface area (Å²) in [6.07, 6.45) is 74.9. The molecule has 0 aromatic carbocycles. The number of carbonyl (C=O) groups is 2. The van der Waals surface area contributed by atoms with E-state index in [4.69, 9.17) is 4.74 Å². The van der Waals surface area contributed by atoms with Gasteiger partial charge in [0.15, 0.2) is 0 Å². The molecule has 420 valence electrons. The molecule has 3 N–H and O–H groups in total. The second kappa shape index (κ2) is 60.9. The number of unbranched alkanes of at least 4 members (excludes halogenated alkanes) is 45. The van der Waals surface area contributed by atoms with Crippen molar-refractivity contribution in [2.45, 2.75) is 366 Å². The number of aliphatic hydroxyl groups is 2. The standard InChI is InChI=1S/C65H125NO5/c1-3-5-7-9-11-13-15-16-17-18-26-30-33-36-39-43-47-51-55-59-65(70)71-60-56-52-48-44-40-37-34-31-28-25-23-21-19-20-22-24-27-29-32-35-38-42-46-50-54-58-64(69)66-62(61-67)63(68)57-53-49-45-41-14-12-10-8-6-4-2/h16-17,20,22,62-63,67-68H,3-15,18-19,21,23-61H2,1-2H3,(H,66,69)/b17-16-,22-20-. The van der Waals surface area contributed by atoms with Crippen LogP contribution in [-0.2, 0) is 14.3 Å². The number of hydrogen-bond donors (Lipinski definition) is 3. The Morgan fingerprint density at radius 1 is 0.380 bits per heavy atom. The summed E-state index contributed by atoms with van der Waals surface area (Å²) in [5, 5.41) is 23.2. The number of rotatable bonds is 60. The minimum absolute atomic E-state index is 0.0134. The van der Waals surface area contributed by atoms with E-state index in [9.17, 15) is 19.8 Å². The highest BCUT2D eigenvalue weighted by molar-refractivity contribution is 5.76. The smallest absolute Gasteiger partial charge is 0.305 e. The van der Waals surface area contributed by atoms with Gasteiger partial charge in [-0.2, -0.15) is 0 Å². The number of ether oxygens (including phenoxy) is 1. The van der Waals surface area contributed by atoms with Crippen molar-refractivity contribution in [1.29, 1.82) is 0 Å². The summed E-state index contributed by atoms with van der Waals surface area (Å²) < 4.78 is 5.50. The molecule has 0 aromatic rings. The molecule has 0 rings (SSSR count). The van der Waals surface area contributed by atoms with Gasteiger partial charge in [0.05, 0.1) is 25.4 Å². The van der Waals surface area contributed by atoms with Crippen molar-refractivity contribution in [1.82, 2.24) is 5.32 Å². The lowest BCUT2D eigenvalue weighted by molar-refractivity contribution is -0.143. The minimum atomic E-state index is -0.664. The monoisotopic (exact) mass is 1000 g/mol. The fourth-order valence-corrected chi connectivity index (χ4v) is 10.0. The Labute approximate surface area is 443 Å². The van der Waals surface area contributed by atoms with Crippen LogP contribution in [0.1, 0.15) is 354 Å². The van der Waals surface area contributed by atoms with Crippen LogP contribution in [0.4, 0.5) is 0 Å². The number of aliphatic hydroxyl groups excluding tert-OH is 2. The van der Waals surface area contributed by atoms with Gasteiger partial charge in [-0.1, -0.05) is 289 Å². The molecule has 6 heteroatoms. The molecule has 2 unspecified atom stereocenters. The van der Waals surface area contributed by atoms with Crippen molar-refractivity contribution in [2.24, 2.45) is 0 Å². The van der Waals surface area contributed by atoms with Crippen LogP contribution in [0.25, 0.3) is 0 Å². The molecule has 0 saturated carbocycles. The number of carbonyl (C=O) groups excluding carboxylic acids is 2. The second-order valence-electron chi connectivity index (χ2n) is 22.1. The predicted octanol–water partition coefficient (Wildman–Crippen LogP) is 20.2. The van der Waals surface area contributed by atoms with E-state index in [0.717, 1.165) is 44.9 Å². The molecule has 0 aliphatic rings. The maximum Gasteiger partial charge on any atom is 0.305 e. The van der Waals surface area contributed by atoms with Crippen molar-refractivity contribution in [3.05, 3.63) is 24.3 Å². The first-order valence-corrected chi connectivity index (χ1v) is 32.1. The predicted molar refractivity (Wildman–Crippen MR) is 310 cm³/mol. The van der Waals surface area contributed by atoms with Crippen LogP contribution in [0.2, 0.25) is 0 Å². The van der Waals surface area contributed by atoms with Crippen LogP contribution >= 0.6 is 0 Å². The molecule has 0 spiro atoms. The van der Waals surface area contributed by atoms with Crippen LogP contribution in [0.3, 0.4) is 0 Å². The quantitative estimate of drug-likeness (QED) is 0.0320. The Bertz CT molecular complexity index is 1110. The first-order chi connectivity index (χ1) is 35.0. The number of amides is 1. The van der Waals surface area contributed by atoms with Crippen molar-refractivity contribution in [2.75, 3.05) is 13.2 Å². The van der Waals surface area contributed by atoms with Gasteiger partial charge < -0.3 is 20.3 Å². The Balaban J connectivity index is 3.35. The number of hydrogen-bond acceptors (Lipinski definition) is 5. The van der Waals surface area contributed by atoms with Gasteiger partial charge in [0.25, 0.3) is 0 Å². The summed E-state index contributed by atoms with van der Waals surface area (Å²) in [6, 6.07) is -0.542. The van der Waals surface area contributed by atoms with E-state index in [1.54, 1.807) is 0 Å². The summed E-state index contributed by atoms with van der Waals surface area (Å²) in [5.41, 5.74) is 0. The fraction of sp³-hybridized carbons (Fsp3) is 0.908. The molecule has 0 aromatic heterocycles. The summed E-state index contributed by atoms with van der Waals surface area (Å²) in [6.45, 7) is 4.95. The summed E-state index contributed by atoms with van der Waals surface area (Å²) in [7, 11) is 0. The summed E-state index contributed by atoms with van der Waals surface area (Å²) in [5.74, 6) is -0.0253. The van der Waals surface area contributed by atoms with E-state index in [1.807, 2.05) is 0 Å². The second-order valence-corrected chi connectivity index (χ2v) is 22.1. The van der Waals surface area contributed by atoms with Gasteiger partial charge in [-0.25, -0.2) is 0 Å².